The molecule has 2 aromatic rings. The van der Waals surface area contributed by atoms with Crippen molar-refractivity contribution < 1.29 is 9.90 Å². The molecule has 2 rings (SSSR count). The minimum atomic E-state index is -0.890. The van der Waals surface area contributed by atoms with Crippen molar-refractivity contribution in [2.75, 3.05) is 11.9 Å². The van der Waals surface area contributed by atoms with Gasteiger partial charge in [-0.15, -0.1) is 0 Å². The Bertz CT molecular complexity index is 564. The Morgan fingerprint density at radius 2 is 1.89 bits per heavy atom. The average molecular weight is 255 g/mol. The third kappa shape index (κ3) is 3.58. The van der Waals surface area contributed by atoms with E-state index in [9.17, 15) is 4.79 Å². The van der Waals surface area contributed by atoms with Crippen LogP contribution in [0.5, 0.6) is 0 Å². The number of carboxylic acids is 1. The molecule has 0 aliphatic carbocycles. The topological polar surface area (TPSA) is 49.3 Å². The Balaban J connectivity index is 1.95. The zero-order valence-corrected chi connectivity index (χ0v) is 10.9. The second-order valence-electron chi connectivity index (χ2n) is 4.50. The lowest BCUT2D eigenvalue weighted by atomic mass is 10.1. The first kappa shape index (κ1) is 13.1. The van der Waals surface area contributed by atoms with Crippen LogP contribution in [0.4, 0.5) is 5.69 Å². The van der Waals surface area contributed by atoms with E-state index in [4.69, 9.17) is 5.11 Å². The van der Waals surface area contributed by atoms with Gasteiger partial charge in [0.2, 0.25) is 0 Å². The van der Waals surface area contributed by atoms with Gasteiger partial charge in [0.05, 0.1) is 5.56 Å². The molecular formula is C16H17NO2. The average Bonchev–Trinajstić information content (AvgIpc) is 2.41. The molecule has 3 nitrogen and oxygen atoms in total. The molecule has 0 aliphatic rings. The molecule has 0 atom stereocenters. The monoisotopic (exact) mass is 255 g/mol. The van der Waals surface area contributed by atoms with E-state index in [2.05, 4.69) is 17.4 Å². The van der Waals surface area contributed by atoms with Crippen LogP contribution in [-0.4, -0.2) is 17.6 Å². The van der Waals surface area contributed by atoms with Gasteiger partial charge in [0.15, 0.2) is 0 Å². The molecule has 0 unspecified atom stereocenters. The fourth-order valence-electron chi connectivity index (χ4n) is 1.98. The molecule has 0 aromatic heterocycles. The molecule has 0 amide bonds. The first-order valence-corrected chi connectivity index (χ1v) is 6.28. The maximum Gasteiger partial charge on any atom is 0.335 e. The number of nitrogens with one attached hydrogen (secondary N) is 1. The van der Waals surface area contributed by atoms with Crippen LogP contribution in [-0.2, 0) is 6.42 Å². The molecule has 2 aromatic carbocycles. The zero-order valence-electron chi connectivity index (χ0n) is 10.9. The van der Waals surface area contributed by atoms with E-state index in [-0.39, 0.29) is 0 Å². The molecular weight excluding hydrogens is 238 g/mol. The van der Waals surface area contributed by atoms with Crippen LogP contribution in [0, 0.1) is 6.92 Å². The smallest absolute Gasteiger partial charge is 0.335 e. The number of anilines is 1. The number of aromatic carboxylic acids is 1. The fraction of sp³-hybridized carbons (Fsp3) is 0.188. The number of aryl methyl sites for hydroxylation is 1. The maximum absolute atomic E-state index is 10.8. The SMILES string of the molecule is Cc1cc(C(=O)O)ccc1NCCc1ccccc1. The Morgan fingerprint density at radius 1 is 1.16 bits per heavy atom. The van der Waals surface area contributed by atoms with Crippen LogP contribution in [0.25, 0.3) is 0 Å². The summed E-state index contributed by atoms with van der Waals surface area (Å²) in [6, 6.07) is 15.4. The zero-order chi connectivity index (χ0) is 13.7. The van der Waals surface area contributed by atoms with E-state index in [0.29, 0.717) is 5.56 Å². The van der Waals surface area contributed by atoms with Crippen molar-refractivity contribution >= 4 is 11.7 Å². The fourth-order valence-corrected chi connectivity index (χ4v) is 1.98. The van der Waals surface area contributed by atoms with Crippen molar-refractivity contribution in [1.82, 2.24) is 0 Å². The lowest BCUT2D eigenvalue weighted by Gasteiger charge is -2.10. The van der Waals surface area contributed by atoms with Crippen LogP contribution >= 0.6 is 0 Å². The van der Waals surface area contributed by atoms with E-state index in [1.165, 1.54) is 5.56 Å². The van der Waals surface area contributed by atoms with Gasteiger partial charge in [0.1, 0.15) is 0 Å². The third-order valence-corrected chi connectivity index (χ3v) is 3.05. The number of hydrogen-bond acceptors (Lipinski definition) is 2. The van der Waals surface area contributed by atoms with Crippen LogP contribution < -0.4 is 5.32 Å². The van der Waals surface area contributed by atoms with Crippen molar-refractivity contribution in [3.05, 3.63) is 65.2 Å². The molecule has 0 heterocycles. The second kappa shape index (κ2) is 6.05. The molecule has 0 fully saturated rings. The summed E-state index contributed by atoms with van der Waals surface area (Å²) in [5, 5.41) is 12.2. The standard InChI is InChI=1S/C16H17NO2/c1-12-11-14(16(18)19)7-8-15(12)17-10-9-13-5-3-2-4-6-13/h2-8,11,17H,9-10H2,1H3,(H,18,19). The van der Waals surface area contributed by atoms with Gasteiger partial charge in [-0.2, -0.15) is 0 Å². The Morgan fingerprint density at radius 3 is 2.53 bits per heavy atom. The lowest BCUT2D eigenvalue weighted by Crippen LogP contribution is -2.07. The third-order valence-electron chi connectivity index (χ3n) is 3.05. The first-order chi connectivity index (χ1) is 9.16. The highest BCUT2D eigenvalue weighted by molar-refractivity contribution is 5.88. The van der Waals surface area contributed by atoms with E-state index >= 15 is 0 Å². The Labute approximate surface area is 112 Å². The van der Waals surface area contributed by atoms with Gasteiger partial charge in [-0.1, -0.05) is 30.3 Å². The number of carbonyl (C=O) groups is 1. The Hall–Kier alpha value is -2.29. The van der Waals surface area contributed by atoms with Gasteiger partial charge in [-0.05, 0) is 42.7 Å². The summed E-state index contributed by atoms with van der Waals surface area (Å²) in [4.78, 5) is 10.8. The summed E-state index contributed by atoms with van der Waals surface area (Å²) >= 11 is 0. The maximum atomic E-state index is 10.8. The normalized spacial score (nSPS) is 10.2. The summed E-state index contributed by atoms with van der Waals surface area (Å²) in [6.45, 7) is 2.74. The molecule has 98 valence electrons. The number of benzene rings is 2. The van der Waals surface area contributed by atoms with Gasteiger partial charge < -0.3 is 10.4 Å². The molecule has 0 radical (unpaired) electrons. The van der Waals surface area contributed by atoms with Crippen molar-refractivity contribution in [2.24, 2.45) is 0 Å². The van der Waals surface area contributed by atoms with Gasteiger partial charge in [0.25, 0.3) is 0 Å². The molecule has 19 heavy (non-hydrogen) atoms. The highest BCUT2D eigenvalue weighted by Gasteiger charge is 2.05. The Kier molecular flexibility index (Phi) is 4.18. The number of rotatable bonds is 5. The van der Waals surface area contributed by atoms with Crippen molar-refractivity contribution in [3.8, 4) is 0 Å². The van der Waals surface area contributed by atoms with E-state index < -0.39 is 5.97 Å². The summed E-state index contributed by atoms with van der Waals surface area (Å²) in [5.74, 6) is -0.890. The van der Waals surface area contributed by atoms with Gasteiger partial charge in [0, 0.05) is 12.2 Å². The van der Waals surface area contributed by atoms with Crippen LogP contribution in [0.3, 0.4) is 0 Å². The minimum Gasteiger partial charge on any atom is -0.478 e. The quantitative estimate of drug-likeness (QED) is 0.861. The summed E-state index contributed by atoms with van der Waals surface area (Å²) in [6.07, 6.45) is 0.945. The molecule has 0 saturated heterocycles. The van der Waals surface area contributed by atoms with Crippen molar-refractivity contribution in [1.29, 1.82) is 0 Å². The van der Waals surface area contributed by atoms with Crippen LogP contribution in [0.2, 0.25) is 0 Å². The molecule has 3 heteroatoms. The largest absolute Gasteiger partial charge is 0.478 e. The molecule has 0 aliphatic heterocycles. The van der Waals surface area contributed by atoms with Gasteiger partial charge >= 0.3 is 5.97 Å². The summed E-state index contributed by atoms with van der Waals surface area (Å²) in [7, 11) is 0. The lowest BCUT2D eigenvalue weighted by molar-refractivity contribution is 0.0697. The molecule has 0 spiro atoms. The first-order valence-electron chi connectivity index (χ1n) is 6.28. The second-order valence-corrected chi connectivity index (χ2v) is 4.50. The van der Waals surface area contributed by atoms with Gasteiger partial charge in [-0.25, -0.2) is 4.79 Å². The molecule has 0 bridgehead atoms. The highest BCUT2D eigenvalue weighted by Crippen LogP contribution is 2.16. The highest BCUT2D eigenvalue weighted by atomic mass is 16.4. The number of carboxylic acid groups (broad SMARTS) is 1. The van der Waals surface area contributed by atoms with E-state index in [1.807, 2.05) is 31.2 Å². The van der Waals surface area contributed by atoms with E-state index in [1.54, 1.807) is 12.1 Å². The molecule has 0 saturated carbocycles. The van der Waals surface area contributed by atoms with Crippen LogP contribution in [0.15, 0.2) is 48.5 Å². The van der Waals surface area contributed by atoms with Crippen molar-refractivity contribution in [3.63, 3.8) is 0 Å². The van der Waals surface area contributed by atoms with Gasteiger partial charge in [-0.3, -0.25) is 0 Å². The van der Waals surface area contributed by atoms with Crippen molar-refractivity contribution in [2.45, 2.75) is 13.3 Å². The van der Waals surface area contributed by atoms with Crippen LogP contribution in [0.1, 0.15) is 21.5 Å². The predicted octanol–water partition coefficient (Wildman–Crippen LogP) is 3.35. The summed E-state index contributed by atoms with van der Waals surface area (Å²) in [5.41, 5.74) is 3.55. The minimum absolute atomic E-state index is 0.325. The number of hydrogen-bond donors (Lipinski definition) is 2. The molecule has 2 N–H and O–H groups in total. The van der Waals surface area contributed by atoms with E-state index in [0.717, 1.165) is 24.2 Å². The predicted molar refractivity (Wildman–Crippen MR) is 76.8 cm³/mol. The summed E-state index contributed by atoms with van der Waals surface area (Å²) < 4.78 is 0.